The van der Waals surface area contributed by atoms with E-state index in [1.807, 2.05) is 6.20 Å². The minimum atomic E-state index is 0.777. The molecular formula is C14H23N3S. The normalized spacial score (nSPS) is 19.9. The fraction of sp³-hybridized carbons (Fsp3) is 0.643. The summed E-state index contributed by atoms with van der Waals surface area (Å²) < 4.78 is 0. The van der Waals surface area contributed by atoms with E-state index in [-0.39, 0.29) is 0 Å². The Morgan fingerprint density at radius 3 is 3.17 bits per heavy atom. The molecule has 3 nitrogen and oxygen atoms in total. The molecule has 0 amide bonds. The third kappa shape index (κ3) is 3.55. The average molecular weight is 265 g/mol. The van der Waals surface area contributed by atoms with Gasteiger partial charge in [0.05, 0.1) is 0 Å². The highest BCUT2D eigenvalue weighted by atomic mass is 32.2. The van der Waals surface area contributed by atoms with E-state index in [2.05, 4.69) is 52.9 Å². The van der Waals surface area contributed by atoms with Gasteiger partial charge in [-0.2, -0.15) is 11.8 Å². The van der Waals surface area contributed by atoms with Gasteiger partial charge in [-0.3, -0.25) is 0 Å². The van der Waals surface area contributed by atoms with E-state index in [0.29, 0.717) is 0 Å². The van der Waals surface area contributed by atoms with Crippen molar-refractivity contribution in [2.24, 2.45) is 0 Å². The molecule has 0 bridgehead atoms. The van der Waals surface area contributed by atoms with Crippen molar-refractivity contribution in [2.45, 2.75) is 31.9 Å². The second-order valence-corrected chi connectivity index (χ2v) is 6.08. The van der Waals surface area contributed by atoms with Crippen molar-refractivity contribution in [2.75, 3.05) is 35.6 Å². The van der Waals surface area contributed by atoms with Crippen LogP contribution in [0.5, 0.6) is 0 Å². The molecule has 1 aromatic rings. The number of rotatable bonds is 5. The Kier molecular flexibility index (Phi) is 5.17. The van der Waals surface area contributed by atoms with Gasteiger partial charge < -0.3 is 10.2 Å². The van der Waals surface area contributed by atoms with Crippen LogP contribution in [0.1, 0.15) is 26.7 Å². The molecule has 1 aliphatic rings. The zero-order valence-corrected chi connectivity index (χ0v) is 12.2. The molecule has 18 heavy (non-hydrogen) atoms. The van der Waals surface area contributed by atoms with Crippen LogP contribution in [0.25, 0.3) is 0 Å². The molecule has 1 fully saturated rings. The van der Waals surface area contributed by atoms with E-state index in [1.54, 1.807) is 0 Å². The largest absolute Gasteiger partial charge is 0.370 e. The van der Waals surface area contributed by atoms with E-state index in [4.69, 9.17) is 0 Å². The lowest BCUT2D eigenvalue weighted by Crippen LogP contribution is -2.37. The maximum absolute atomic E-state index is 4.37. The molecule has 1 unspecified atom stereocenters. The standard InChI is InChI=1S/C14H23N3S/c1-3-6-15-14-10-12(5-7-16-14)17-8-9-18-13(4-2)11-17/h5,7,10,13H,3-4,6,8-9,11H2,1-2H3,(H,15,16). The van der Waals surface area contributed by atoms with Gasteiger partial charge >= 0.3 is 0 Å². The average Bonchev–Trinajstić information content (AvgIpc) is 2.45. The topological polar surface area (TPSA) is 28.2 Å². The van der Waals surface area contributed by atoms with Crippen LogP contribution in [0.3, 0.4) is 0 Å². The predicted molar refractivity (Wildman–Crippen MR) is 81.8 cm³/mol. The second-order valence-electron chi connectivity index (χ2n) is 4.67. The van der Waals surface area contributed by atoms with Crippen molar-refractivity contribution in [3.8, 4) is 0 Å². The number of aromatic nitrogens is 1. The highest BCUT2D eigenvalue weighted by molar-refractivity contribution is 8.00. The smallest absolute Gasteiger partial charge is 0.127 e. The Hall–Kier alpha value is -0.900. The molecule has 1 aromatic heterocycles. The fourth-order valence-corrected chi connectivity index (χ4v) is 3.35. The van der Waals surface area contributed by atoms with E-state index in [1.165, 1.54) is 24.4 Å². The summed E-state index contributed by atoms with van der Waals surface area (Å²) in [4.78, 5) is 6.86. The van der Waals surface area contributed by atoms with Gasteiger partial charge in [0.1, 0.15) is 5.82 Å². The quantitative estimate of drug-likeness (QED) is 0.884. The van der Waals surface area contributed by atoms with Crippen molar-refractivity contribution in [1.29, 1.82) is 0 Å². The van der Waals surface area contributed by atoms with E-state index in [0.717, 1.165) is 30.6 Å². The Bertz CT molecular complexity index is 370. The zero-order valence-electron chi connectivity index (χ0n) is 11.4. The van der Waals surface area contributed by atoms with Crippen LogP contribution in [0.2, 0.25) is 0 Å². The number of nitrogens with zero attached hydrogens (tertiary/aromatic N) is 2. The molecule has 0 radical (unpaired) electrons. The predicted octanol–water partition coefficient (Wildman–Crippen LogP) is 3.24. The Labute approximate surface area is 114 Å². The van der Waals surface area contributed by atoms with Crippen molar-refractivity contribution in [1.82, 2.24) is 4.98 Å². The fourth-order valence-electron chi connectivity index (χ4n) is 2.17. The van der Waals surface area contributed by atoms with Crippen molar-refractivity contribution in [3.63, 3.8) is 0 Å². The van der Waals surface area contributed by atoms with E-state index < -0.39 is 0 Å². The van der Waals surface area contributed by atoms with Gasteiger partial charge in [0.2, 0.25) is 0 Å². The monoisotopic (exact) mass is 265 g/mol. The van der Waals surface area contributed by atoms with Crippen molar-refractivity contribution >= 4 is 23.3 Å². The van der Waals surface area contributed by atoms with Crippen LogP contribution in [-0.4, -0.2) is 35.6 Å². The molecule has 1 aliphatic heterocycles. The number of pyridine rings is 1. The molecule has 0 aliphatic carbocycles. The van der Waals surface area contributed by atoms with Gasteiger partial charge in [-0.05, 0) is 18.9 Å². The highest BCUT2D eigenvalue weighted by Crippen LogP contribution is 2.26. The van der Waals surface area contributed by atoms with Crippen LogP contribution in [0.15, 0.2) is 18.3 Å². The zero-order chi connectivity index (χ0) is 12.8. The first-order valence-electron chi connectivity index (χ1n) is 6.90. The van der Waals surface area contributed by atoms with Crippen LogP contribution in [-0.2, 0) is 0 Å². The summed E-state index contributed by atoms with van der Waals surface area (Å²) in [6.45, 7) is 7.76. The Morgan fingerprint density at radius 1 is 1.50 bits per heavy atom. The summed E-state index contributed by atoms with van der Waals surface area (Å²) in [7, 11) is 0. The first kappa shape index (κ1) is 13.5. The van der Waals surface area contributed by atoms with Crippen LogP contribution >= 0.6 is 11.8 Å². The molecule has 2 rings (SSSR count). The molecule has 1 N–H and O–H groups in total. The lowest BCUT2D eigenvalue weighted by atomic mass is 10.2. The molecule has 0 saturated carbocycles. The third-order valence-electron chi connectivity index (χ3n) is 3.26. The lowest BCUT2D eigenvalue weighted by Gasteiger charge is -2.33. The number of hydrogen-bond donors (Lipinski definition) is 1. The van der Waals surface area contributed by atoms with Crippen LogP contribution < -0.4 is 10.2 Å². The van der Waals surface area contributed by atoms with Gasteiger partial charge in [-0.25, -0.2) is 4.98 Å². The molecule has 2 heterocycles. The first-order chi connectivity index (χ1) is 8.83. The Morgan fingerprint density at radius 2 is 2.39 bits per heavy atom. The third-order valence-corrected chi connectivity index (χ3v) is 4.63. The van der Waals surface area contributed by atoms with Gasteiger partial charge in [0, 0.05) is 48.6 Å². The molecular weight excluding hydrogens is 242 g/mol. The maximum Gasteiger partial charge on any atom is 0.127 e. The van der Waals surface area contributed by atoms with Crippen LogP contribution in [0.4, 0.5) is 11.5 Å². The summed E-state index contributed by atoms with van der Waals surface area (Å²) in [5.41, 5.74) is 1.31. The molecule has 1 saturated heterocycles. The van der Waals surface area contributed by atoms with E-state index in [9.17, 15) is 0 Å². The second kappa shape index (κ2) is 6.88. The minimum absolute atomic E-state index is 0.777. The minimum Gasteiger partial charge on any atom is -0.370 e. The Balaban J connectivity index is 2.02. The van der Waals surface area contributed by atoms with Crippen LogP contribution in [0, 0.1) is 0 Å². The summed E-state index contributed by atoms with van der Waals surface area (Å²) >= 11 is 2.11. The molecule has 0 aromatic carbocycles. The van der Waals surface area contributed by atoms with Gasteiger partial charge in [0.15, 0.2) is 0 Å². The van der Waals surface area contributed by atoms with Gasteiger partial charge in [-0.15, -0.1) is 0 Å². The summed E-state index contributed by atoms with van der Waals surface area (Å²) in [6, 6.07) is 4.30. The summed E-state index contributed by atoms with van der Waals surface area (Å²) in [6.07, 6.45) is 4.30. The van der Waals surface area contributed by atoms with Gasteiger partial charge in [0.25, 0.3) is 0 Å². The van der Waals surface area contributed by atoms with Gasteiger partial charge in [-0.1, -0.05) is 13.8 Å². The molecule has 1 atom stereocenters. The van der Waals surface area contributed by atoms with Crippen molar-refractivity contribution in [3.05, 3.63) is 18.3 Å². The number of nitrogens with one attached hydrogen (secondary N) is 1. The SMILES string of the molecule is CCCNc1cc(N2CCSC(CC)C2)ccn1. The number of anilines is 2. The maximum atomic E-state index is 4.37. The summed E-state index contributed by atoms with van der Waals surface area (Å²) in [5, 5.41) is 4.13. The lowest BCUT2D eigenvalue weighted by molar-refractivity contribution is 0.728. The number of hydrogen-bond acceptors (Lipinski definition) is 4. The van der Waals surface area contributed by atoms with E-state index >= 15 is 0 Å². The molecule has 4 heteroatoms. The number of thioether (sulfide) groups is 1. The molecule has 100 valence electrons. The summed E-state index contributed by atoms with van der Waals surface area (Å²) in [5.74, 6) is 2.24. The molecule has 0 spiro atoms. The highest BCUT2D eigenvalue weighted by Gasteiger charge is 2.19. The van der Waals surface area contributed by atoms with Crippen molar-refractivity contribution < 1.29 is 0 Å². The first-order valence-corrected chi connectivity index (χ1v) is 7.94.